The van der Waals surface area contributed by atoms with E-state index in [0.29, 0.717) is 16.6 Å². The lowest BCUT2D eigenvalue weighted by atomic mass is 10.0. The van der Waals surface area contributed by atoms with Gasteiger partial charge in [-0.3, -0.25) is 0 Å². The van der Waals surface area contributed by atoms with Crippen molar-refractivity contribution in [2.75, 3.05) is 31.6 Å². The zero-order valence-corrected chi connectivity index (χ0v) is 13.3. The van der Waals surface area contributed by atoms with Crippen LogP contribution in [0.3, 0.4) is 0 Å². The monoisotopic (exact) mass is 310 g/mol. The van der Waals surface area contributed by atoms with E-state index >= 15 is 0 Å². The molecule has 0 unspecified atom stereocenters. The molecule has 0 amide bonds. The van der Waals surface area contributed by atoms with Gasteiger partial charge < -0.3 is 20.7 Å². The normalized spacial score (nSPS) is 18.0. The first-order chi connectivity index (χ1) is 10.1. The highest BCUT2D eigenvalue weighted by Crippen LogP contribution is 2.30. The lowest BCUT2D eigenvalue weighted by Gasteiger charge is -2.38. The van der Waals surface area contributed by atoms with Crippen molar-refractivity contribution in [3.8, 4) is 0 Å². The van der Waals surface area contributed by atoms with Gasteiger partial charge in [0.15, 0.2) is 5.84 Å². The predicted molar refractivity (Wildman–Crippen MR) is 87.5 cm³/mol. The molecule has 0 bridgehead atoms. The van der Waals surface area contributed by atoms with Crippen LogP contribution >= 0.6 is 11.6 Å². The summed E-state index contributed by atoms with van der Waals surface area (Å²) in [4.78, 5) is 4.65. The molecule has 0 atom stereocenters. The maximum absolute atomic E-state index is 8.97. The van der Waals surface area contributed by atoms with E-state index in [2.05, 4.69) is 21.9 Å². The molecule has 0 spiro atoms. The number of nitrogens with zero attached hydrogens (tertiary/aromatic N) is 3. The second-order valence-corrected chi connectivity index (χ2v) is 5.80. The Hall–Kier alpha value is -1.46. The van der Waals surface area contributed by atoms with Crippen molar-refractivity contribution in [3.63, 3.8) is 0 Å². The highest BCUT2D eigenvalue weighted by molar-refractivity contribution is 6.34. The van der Waals surface area contributed by atoms with Crippen LogP contribution in [0, 0.1) is 0 Å². The molecular weight excluding hydrogens is 288 g/mol. The Balaban J connectivity index is 2.24. The van der Waals surface area contributed by atoms with Crippen molar-refractivity contribution < 1.29 is 5.21 Å². The van der Waals surface area contributed by atoms with E-state index in [1.54, 1.807) is 6.07 Å². The molecule has 0 saturated carbocycles. The maximum atomic E-state index is 8.97. The number of halogens is 1. The van der Waals surface area contributed by atoms with E-state index < -0.39 is 0 Å². The number of benzene rings is 1. The first-order valence-corrected chi connectivity index (χ1v) is 7.67. The molecule has 1 aromatic carbocycles. The van der Waals surface area contributed by atoms with Crippen LogP contribution in [-0.4, -0.2) is 48.7 Å². The third-order valence-corrected chi connectivity index (χ3v) is 4.60. The first kappa shape index (κ1) is 15.9. The molecule has 1 aliphatic rings. The summed E-state index contributed by atoms with van der Waals surface area (Å²) in [5.74, 6) is 0.0495. The number of hydrogen-bond acceptors (Lipinski definition) is 4. The Bertz CT molecular complexity index is 512. The molecule has 1 aromatic rings. The summed E-state index contributed by atoms with van der Waals surface area (Å²) in [6, 6.07) is 6.05. The maximum Gasteiger partial charge on any atom is 0.173 e. The van der Waals surface area contributed by atoms with Crippen molar-refractivity contribution in [1.82, 2.24) is 4.90 Å². The summed E-state index contributed by atoms with van der Waals surface area (Å²) in [5, 5.41) is 12.6. The molecule has 3 N–H and O–H groups in total. The summed E-state index contributed by atoms with van der Waals surface area (Å²) in [7, 11) is 2.05. The first-order valence-electron chi connectivity index (χ1n) is 7.30. The fourth-order valence-electron chi connectivity index (χ4n) is 2.93. The van der Waals surface area contributed by atoms with Gasteiger partial charge in [0.1, 0.15) is 0 Å². The Kier molecular flexibility index (Phi) is 5.31. The van der Waals surface area contributed by atoms with Crippen LogP contribution in [0.2, 0.25) is 5.02 Å². The summed E-state index contributed by atoms with van der Waals surface area (Å²) >= 11 is 6.22. The van der Waals surface area contributed by atoms with E-state index in [1.165, 1.54) is 0 Å². The Morgan fingerprint density at radius 1 is 1.48 bits per heavy atom. The van der Waals surface area contributed by atoms with E-state index in [4.69, 9.17) is 22.5 Å². The summed E-state index contributed by atoms with van der Waals surface area (Å²) < 4.78 is 0. The molecule has 5 nitrogen and oxygen atoms in total. The number of nitrogens with two attached hydrogens (primary N) is 1. The minimum absolute atomic E-state index is 0.0495. The molecule has 1 heterocycles. The molecule has 6 heteroatoms. The second-order valence-electron chi connectivity index (χ2n) is 5.40. The zero-order valence-electron chi connectivity index (χ0n) is 12.6. The Morgan fingerprint density at radius 3 is 2.71 bits per heavy atom. The van der Waals surface area contributed by atoms with Crippen LogP contribution in [0.1, 0.15) is 25.3 Å². The van der Waals surface area contributed by atoms with Gasteiger partial charge in [-0.2, -0.15) is 0 Å². The predicted octanol–water partition coefficient (Wildman–Crippen LogP) is 2.36. The quantitative estimate of drug-likeness (QED) is 0.388. The van der Waals surface area contributed by atoms with E-state index in [9.17, 15) is 0 Å². The molecular formula is C15H23ClN4O. The van der Waals surface area contributed by atoms with Crippen molar-refractivity contribution in [3.05, 3.63) is 28.8 Å². The van der Waals surface area contributed by atoms with Crippen LogP contribution in [0.15, 0.2) is 23.4 Å². The topological polar surface area (TPSA) is 65.1 Å². The van der Waals surface area contributed by atoms with Gasteiger partial charge in [0.05, 0.1) is 10.6 Å². The standard InChI is InChI=1S/C15H23ClN4O/c1-3-20-9-7-11(8-10-20)19(2)13-6-4-5-12(16)14(13)15(17)18-21/h4-6,11,21H,3,7-10H2,1-2H3,(H2,17,18). The van der Waals surface area contributed by atoms with Crippen LogP contribution < -0.4 is 10.6 Å². The number of likely N-dealkylation sites (tertiary alicyclic amines) is 1. The SMILES string of the molecule is CCN1CCC(N(C)c2cccc(Cl)c2C(N)=NO)CC1. The number of amidine groups is 1. The minimum Gasteiger partial charge on any atom is -0.409 e. The van der Waals surface area contributed by atoms with Crippen LogP contribution in [0.25, 0.3) is 0 Å². The van der Waals surface area contributed by atoms with Crippen molar-refractivity contribution >= 4 is 23.1 Å². The Labute approximate surface area is 131 Å². The van der Waals surface area contributed by atoms with Gasteiger partial charge in [-0.1, -0.05) is 29.7 Å². The number of anilines is 1. The summed E-state index contributed by atoms with van der Waals surface area (Å²) in [6.45, 7) is 5.50. The van der Waals surface area contributed by atoms with E-state index in [-0.39, 0.29) is 5.84 Å². The van der Waals surface area contributed by atoms with Gasteiger partial charge in [0, 0.05) is 31.9 Å². The fraction of sp³-hybridized carbons (Fsp3) is 0.533. The average molecular weight is 311 g/mol. The zero-order chi connectivity index (χ0) is 15.4. The number of hydrogen-bond donors (Lipinski definition) is 2. The highest BCUT2D eigenvalue weighted by Gasteiger charge is 2.24. The van der Waals surface area contributed by atoms with Gasteiger partial charge >= 0.3 is 0 Å². The number of oxime groups is 1. The molecule has 0 radical (unpaired) electrons. The molecule has 0 aromatic heterocycles. The molecule has 1 aliphatic heterocycles. The van der Waals surface area contributed by atoms with Crippen LogP contribution in [0.5, 0.6) is 0 Å². The molecule has 1 saturated heterocycles. The molecule has 116 valence electrons. The van der Waals surface area contributed by atoms with Crippen LogP contribution in [-0.2, 0) is 0 Å². The van der Waals surface area contributed by atoms with Crippen molar-refractivity contribution in [2.24, 2.45) is 10.9 Å². The smallest absolute Gasteiger partial charge is 0.173 e. The fourth-order valence-corrected chi connectivity index (χ4v) is 3.20. The third-order valence-electron chi connectivity index (χ3n) is 4.29. The molecule has 0 aliphatic carbocycles. The Morgan fingerprint density at radius 2 is 2.14 bits per heavy atom. The van der Waals surface area contributed by atoms with Gasteiger partial charge in [-0.05, 0) is 31.5 Å². The summed E-state index contributed by atoms with van der Waals surface area (Å²) in [5.41, 5.74) is 7.30. The van der Waals surface area contributed by atoms with Gasteiger partial charge in [0.25, 0.3) is 0 Å². The lowest BCUT2D eigenvalue weighted by Crippen LogP contribution is -2.43. The van der Waals surface area contributed by atoms with Crippen molar-refractivity contribution in [1.29, 1.82) is 0 Å². The summed E-state index contributed by atoms with van der Waals surface area (Å²) in [6.07, 6.45) is 2.21. The molecule has 21 heavy (non-hydrogen) atoms. The highest BCUT2D eigenvalue weighted by atomic mass is 35.5. The van der Waals surface area contributed by atoms with Crippen LogP contribution in [0.4, 0.5) is 5.69 Å². The molecule has 1 fully saturated rings. The third kappa shape index (κ3) is 3.41. The number of piperidine rings is 1. The average Bonchev–Trinajstić information content (AvgIpc) is 2.53. The molecule has 2 rings (SSSR count). The minimum atomic E-state index is 0.0495. The van der Waals surface area contributed by atoms with Crippen molar-refractivity contribution in [2.45, 2.75) is 25.8 Å². The number of rotatable bonds is 4. The largest absolute Gasteiger partial charge is 0.409 e. The van der Waals surface area contributed by atoms with Gasteiger partial charge in [0.2, 0.25) is 0 Å². The van der Waals surface area contributed by atoms with Gasteiger partial charge in [-0.15, -0.1) is 0 Å². The van der Waals surface area contributed by atoms with Gasteiger partial charge in [-0.25, -0.2) is 0 Å². The van der Waals surface area contributed by atoms with E-state index in [1.807, 2.05) is 19.2 Å². The van der Waals surface area contributed by atoms with E-state index in [0.717, 1.165) is 38.2 Å². The lowest BCUT2D eigenvalue weighted by molar-refractivity contribution is 0.221. The second kappa shape index (κ2) is 7.00.